The summed E-state index contributed by atoms with van der Waals surface area (Å²) in [7, 11) is -2.70. The molecule has 1 fully saturated rings. The summed E-state index contributed by atoms with van der Waals surface area (Å²) in [6, 6.07) is 0. The third-order valence-corrected chi connectivity index (χ3v) is 2.90. The molecule has 2 N–H and O–H groups in total. The molecule has 12 heavy (non-hydrogen) atoms. The van der Waals surface area contributed by atoms with Crippen molar-refractivity contribution in [3.05, 3.63) is 0 Å². The molecule has 0 aromatic rings. The topological polar surface area (TPSA) is 97.5 Å². The monoisotopic (exact) mass is 192 g/mol. The van der Waals surface area contributed by atoms with E-state index in [0.717, 1.165) is 4.90 Å². The van der Waals surface area contributed by atoms with E-state index in [4.69, 9.17) is 5.14 Å². The fraction of sp³-hybridized carbons (Fsp3) is 0.600. The van der Waals surface area contributed by atoms with E-state index in [1.165, 1.54) is 7.05 Å². The van der Waals surface area contributed by atoms with Crippen LogP contribution in [0.15, 0.2) is 0 Å². The van der Waals surface area contributed by atoms with Crippen molar-refractivity contribution >= 4 is 21.8 Å². The Morgan fingerprint density at radius 1 is 1.50 bits per heavy atom. The van der Waals surface area contributed by atoms with Crippen molar-refractivity contribution in [2.45, 2.75) is 11.7 Å². The van der Waals surface area contributed by atoms with Gasteiger partial charge in [-0.25, -0.2) is 13.6 Å². The lowest BCUT2D eigenvalue weighted by molar-refractivity contribution is -0.136. The van der Waals surface area contributed by atoms with Gasteiger partial charge in [0, 0.05) is 7.05 Å². The molecule has 1 atom stereocenters. The molecule has 0 aromatic heterocycles. The van der Waals surface area contributed by atoms with E-state index in [0.29, 0.717) is 0 Å². The van der Waals surface area contributed by atoms with Crippen LogP contribution >= 0.6 is 0 Å². The number of rotatable bonds is 1. The largest absolute Gasteiger partial charge is 0.285 e. The van der Waals surface area contributed by atoms with E-state index in [1.807, 2.05) is 0 Å². The van der Waals surface area contributed by atoms with Gasteiger partial charge in [-0.2, -0.15) is 0 Å². The van der Waals surface area contributed by atoms with E-state index >= 15 is 0 Å². The number of carbonyl (C=O) groups is 2. The van der Waals surface area contributed by atoms with Crippen molar-refractivity contribution in [1.29, 1.82) is 0 Å². The molecule has 6 nitrogen and oxygen atoms in total. The Morgan fingerprint density at radius 2 is 2.00 bits per heavy atom. The second kappa shape index (κ2) is 2.53. The molecular formula is C5H8N2O4S. The molecule has 1 aliphatic heterocycles. The number of imide groups is 1. The number of likely N-dealkylation sites (tertiary alicyclic amines) is 1. The Hall–Kier alpha value is -0.950. The van der Waals surface area contributed by atoms with Gasteiger partial charge in [0.1, 0.15) is 0 Å². The van der Waals surface area contributed by atoms with Crippen molar-refractivity contribution < 1.29 is 18.0 Å². The number of hydrogen-bond acceptors (Lipinski definition) is 4. The molecule has 1 heterocycles. The number of amides is 2. The fourth-order valence-corrected chi connectivity index (χ4v) is 1.79. The maximum atomic E-state index is 11.0. The minimum absolute atomic E-state index is 0.339. The Bertz CT molecular complexity index is 333. The van der Waals surface area contributed by atoms with Gasteiger partial charge >= 0.3 is 0 Å². The molecule has 0 saturated carbocycles. The lowest BCUT2D eigenvalue weighted by Crippen LogP contribution is -2.36. The van der Waals surface area contributed by atoms with E-state index in [-0.39, 0.29) is 6.42 Å². The number of sulfonamides is 1. The highest BCUT2D eigenvalue weighted by molar-refractivity contribution is 7.90. The second-order valence-electron chi connectivity index (χ2n) is 2.57. The Labute approximate surface area is 69.4 Å². The van der Waals surface area contributed by atoms with Crippen molar-refractivity contribution in [2.24, 2.45) is 5.14 Å². The normalized spacial score (nSPS) is 25.2. The molecule has 0 bridgehead atoms. The van der Waals surface area contributed by atoms with E-state index in [9.17, 15) is 18.0 Å². The smallest absolute Gasteiger partial charge is 0.249 e. The van der Waals surface area contributed by atoms with Gasteiger partial charge in [0.15, 0.2) is 5.25 Å². The van der Waals surface area contributed by atoms with Crippen LogP contribution in [0.4, 0.5) is 0 Å². The summed E-state index contributed by atoms with van der Waals surface area (Å²) in [6.45, 7) is 0. The first-order chi connectivity index (χ1) is 5.34. The van der Waals surface area contributed by atoms with Crippen LogP contribution in [0, 0.1) is 0 Å². The van der Waals surface area contributed by atoms with Crippen LogP contribution in [-0.2, 0) is 19.6 Å². The summed E-state index contributed by atoms with van der Waals surface area (Å²) < 4.78 is 21.4. The molecule has 0 aliphatic carbocycles. The molecular weight excluding hydrogens is 184 g/mol. The molecule has 2 amide bonds. The molecule has 7 heteroatoms. The summed E-state index contributed by atoms with van der Waals surface area (Å²) >= 11 is 0. The van der Waals surface area contributed by atoms with Crippen LogP contribution in [0.3, 0.4) is 0 Å². The van der Waals surface area contributed by atoms with Gasteiger partial charge in [-0.1, -0.05) is 0 Å². The molecule has 1 rings (SSSR count). The molecule has 1 saturated heterocycles. The summed E-state index contributed by atoms with van der Waals surface area (Å²) in [5.74, 6) is -1.26. The zero-order valence-electron chi connectivity index (χ0n) is 6.35. The number of hydrogen-bond donors (Lipinski definition) is 1. The Morgan fingerprint density at radius 3 is 2.17 bits per heavy atom. The Balaban J connectivity index is 3.01. The number of nitrogens with two attached hydrogens (primary N) is 1. The highest BCUT2D eigenvalue weighted by Crippen LogP contribution is 2.15. The van der Waals surface area contributed by atoms with Gasteiger partial charge in [0.25, 0.3) is 0 Å². The molecule has 0 radical (unpaired) electrons. The molecule has 1 aliphatic rings. The molecule has 1 unspecified atom stereocenters. The predicted octanol–water partition coefficient (Wildman–Crippen LogP) is -1.97. The van der Waals surface area contributed by atoms with Crippen molar-refractivity contribution in [3.63, 3.8) is 0 Å². The van der Waals surface area contributed by atoms with Crippen LogP contribution in [0.2, 0.25) is 0 Å². The zero-order valence-corrected chi connectivity index (χ0v) is 7.17. The second-order valence-corrected chi connectivity index (χ2v) is 4.32. The third kappa shape index (κ3) is 1.32. The van der Waals surface area contributed by atoms with Crippen LogP contribution in [0.1, 0.15) is 6.42 Å². The first-order valence-electron chi connectivity index (χ1n) is 3.16. The Kier molecular flexibility index (Phi) is 1.92. The first kappa shape index (κ1) is 9.14. The maximum absolute atomic E-state index is 11.0. The van der Waals surface area contributed by atoms with Crippen LogP contribution in [0.5, 0.6) is 0 Å². The van der Waals surface area contributed by atoms with Gasteiger partial charge < -0.3 is 0 Å². The number of primary sulfonamides is 1. The van der Waals surface area contributed by atoms with Crippen molar-refractivity contribution in [1.82, 2.24) is 4.90 Å². The van der Waals surface area contributed by atoms with E-state index < -0.39 is 27.1 Å². The highest BCUT2D eigenvalue weighted by Gasteiger charge is 2.42. The lowest BCUT2D eigenvalue weighted by atomic mass is 10.4. The fourth-order valence-electron chi connectivity index (χ4n) is 0.978. The SMILES string of the molecule is CN1C(=O)CC(S(N)(=O)=O)C1=O. The number of nitrogens with zero attached hydrogens (tertiary/aromatic N) is 1. The summed E-state index contributed by atoms with van der Waals surface area (Å²) in [6.07, 6.45) is -0.339. The van der Waals surface area contributed by atoms with E-state index in [2.05, 4.69) is 0 Å². The van der Waals surface area contributed by atoms with Gasteiger partial charge in [0.05, 0.1) is 6.42 Å². The third-order valence-electron chi connectivity index (χ3n) is 1.74. The minimum Gasteiger partial charge on any atom is -0.285 e. The maximum Gasteiger partial charge on any atom is 0.249 e. The molecule has 0 aromatic carbocycles. The standard InChI is InChI=1S/C5H8N2O4S/c1-7-4(8)2-3(5(7)9)12(6,10)11/h3H,2H2,1H3,(H2,6,10,11). The van der Waals surface area contributed by atoms with E-state index in [1.54, 1.807) is 0 Å². The molecule has 68 valence electrons. The average molecular weight is 192 g/mol. The summed E-state index contributed by atoms with van der Waals surface area (Å²) in [5.41, 5.74) is 0. The zero-order chi connectivity index (χ0) is 9.52. The van der Waals surface area contributed by atoms with Gasteiger partial charge in [-0.3, -0.25) is 14.5 Å². The van der Waals surface area contributed by atoms with Crippen molar-refractivity contribution in [2.75, 3.05) is 7.05 Å². The van der Waals surface area contributed by atoms with Gasteiger partial charge in [0.2, 0.25) is 21.8 Å². The lowest BCUT2D eigenvalue weighted by Gasteiger charge is -2.05. The summed E-state index contributed by atoms with van der Waals surface area (Å²) in [4.78, 5) is 22.6. The average Bonchev–Trinajstić information content (AvgIpc) is 2.15. The number of carbonyl (C=O) groups excluding carboxylic acids is 2. The molecule has 0 spiro atoms. The van der Waals surface area contributed by atoms with Crippen LogP contribution in [-0.4, -0.2) is 37.4 Å². The van der Waals surface area contributed by atoms with Gasteiger partial charge in [-0.15, -0.1) is 0 Å². The first-order valence-corrected chi connectivity index (χ1v) is 4.77. The predicted molar refractivity (Wildman–Crippen MR) is 39.3 cm³/mol. The van der Waals surface area contributed by atoms with Crippen LogP contribution < -0.4 is 5.14 Å². The van der Waals surface area contributed by atoms with Gasteiger partial charge in [-0.05, 0) is 0 Å². The quantitative estimate of drug-likeness (QED) is 0.487. The van der Waals surface area contributed by atoms with Crippen LogP contribution in [0.25, 0.3) is 0 Å². The highest BCUT2D eigenvalue weighted by atomic mass is 32.2. The minimum atomic E-state index is -3.93. The summed E-state index contributed by atoms with van der Waals surface area (Å²) in [5, 5.41) is 3.35. The van der Waals surface area contributed by atoms with Crippen molar-refractivity contribution in [3.8, 4) is 0 Å².